The Morgan fingerprint density at radius 3 is 2.56 bits per heavy atom. The topological polar surface area (TPSA) is 55.8 Å². The molecule has 1 saturated heterocycles. The number of likely N-dealkylation sites (N-methyl/N-ethyl adjacent to an activating group) is 1. The first-order valence-electron chi connectivity index (χ1n) is 9.21. The number of esters is 2. The van der Waals surface area contributed by atoms with E-state index in [1.165, 1.54) is 0 Å². The Morgan fingerprint density at radius 2 is 1.96 bits per heavy atom. The molecule has 2 fully saturated rings. The van der Waals surface area contributed by atoms with Crippen LogP contribution in [0, 0.1) is 5.92 Å². The van der Waals surface area contributed by atoms with E-state index in [-0.39, 0.29) is 17.9 Å². The van der Waals surface area contributed by atoms with Gasteiger partial charge in [-0.3, -0.25) is 9.59 Å². The maximum absolute atomic E-state index is 12.5. The quantitative estimate of drug-likeness (QED) is 0.768. The van der Waals surface area contributed by atoms with Crippen LogP contribution in [0.4, 0.5) is 0 Å². The lowest BCUT2D eigenvalue weighted by atomic mass is 9.81. The van der Waals surface area contributed by atoms with Crippen molar-refractivity contribution in [2.24, 2.45) is 5.92 Å². The molecule has 0 spiro atoms. The molecule has 1 saturated carbocycles. The minimum atomic E-state index is -0.903. The zero-order valence-corrected chi connectivity index (χ0v) is 15.1. The molecular weight excluding hydrogens is 318 g/mol. The largest absolute Gasteiger partial charge is 0.456 e. The Hall–Kier alpha value is -1.88. The van der Waals surface area contributed by atoms with E-state index >= 15 is 0 Å². The second-order valence-electron chi connectivity index (χ2n) is 7.15. The Kier molecular flexibility index (Phi) is 5.42. The number of likely N-dealkylation sites (tertiary alicyclic amines) is 1. The second kappa shape index (κ2) is 7.56. The van der Waals surface area contributed by atoms with E-state index in [2.05, 4.69) is 4.90 Å². The lowest BCUT2D eigenvalue weighted by molar-refractivity contribution is -0.203. The van der Waals surface area contributed by atoms with E-state index < -0.39 is 11.7 Å². The number of hydrogen-bond acceptors (Lipinski definition) is 5. The van der Waals surface area contributed by atoms with Crippen LogP contribution in [0.5, 0.6) is 0 Å². The van der Waals surface area contributed by atoms with Crippen molar-refractivity contribution < 1.29 is 19.1 Å². The minimum absolute atomic E-state index is 0.00239. The molecule has 1 aliphatic carbocycles. The highest BCUT2D eigenvalue weighted by Gasteiger charge is 2.50. The highest BCUT2D eigenvalue weighted by Crippen LogP contribution is 2.40. The van der Waals surface area contributed by atoms with E-state index in [9.17, 15) is 9.59 Å². The van der Waals surface area contributed by atoms with Gasteiger partial charge in [-0.2, -0.15) is 0 Å². The van der Waals surface area contributed by atoms with E-state index in [0.29, 0.717) is 19.4 Å². The second-order valence-corrected chi connectivity index (χ2v) is 7.15. The molecule has 1 aromatic rings. The first-order valence-corrected chi connectivity index (χ1v) is 9.21. The molecule has 0 aromatic heterocycles. The predicted octanol–water partition coefficient (Wildman–Crippen LogP) is 2.88. The molecule has 0 amide bonds. The van der Waals surface area contributed by atoms with Crippen LogP contribution in [0.3, 0.4) is 0 Å². The highest BCUT2D eigenvalue weighted by atomic mass is 16.6. The van der Waals surface area contributed by atoms with Crippen LogP contribution in [0.1, 0.15) is 44.6 Å². The van der Waals surface area contributed by atoms with Crippen molar-refractivity contribution in [1.29, 1.82) is 0 Å². The Bertz CT molecular complexity index is 613. The van der Waals surface area contributed by atoms with Crippen LogP contribution in [0.25, 0.3) is 0 Å². The zero-order chi connectivity index (χ0) is 17.9. The van der Waals surface area contributed by atoms with Crippen molar-refractivity contribution in [3.8, 4) is 0 Å². The molecule has 3 rings (SSSR count). The molecule has 1 aliphatic heterocycles. The maximum Gasteiger partial charge on any atom is 0.309 e. The molecule has 5 heteroatoms. The first-order chi connectivity index (χ1) is 12.0. The molecule has 0 radical (unpaired) electrons. The maximum atomic E-state index is 12.5. The molecule has 2 atom stereocenters. The molecule has 0 N–H and O–H groups in total. The van der Waals surface area contributed by atoms with Crippen molar-refractivity contribution >= 4 is 11.9 Å². The third kappa shape index (κ3) is 3.71. The number of nitrogens with zero attached hydrogens (tertiary/aromatic N) is 1. The average Bonchev–Trinajstić information content (AvgIpc) is 2.56. The van der Waals surface area contributed by atoms with Crippen LogP contribution >= 0.6 is 0 Å². The molecule has 5 nitrogen and oxygen atoms in total. The summed E-state index contributed by atoms with van der Waals surface area (Å²) in [4.78, 5) is 26.8. The number of rotatable bonds is 5. The van der Waals surface area contributed by atoms with Crippen LogP contribution in [0.2, 0.25) is 0 Å². The van der Waals surface area contributed by atoms with Gasteiger partial charge < -0.3 is 14.4 Å². The minimum Gasteiger partial charge on any atom is -0.456 e. The molecule has 1 heterocycles. The van der Waals surface area contributed by atoms with Gasteiger partial charge in [0.15, 0.2) is 11.7 Å². The fourth-order valence-electron chi connectivity index (χ4n) is 3.55. The molecular formula is C20H27NO4. The monoisotopic (exact) mass is 345 g/mol. The lowest BCUT2D eigenvalue weighted by Gasteiger charge is -2.46. The number of benzene rings is 1. The van der Waals surface area contributed by atoms with Gasteiger partial charge >= 0.3 is 11.9 Å². The van der Waals surface area contributed by atoms with Gasteiger partial charge in [0.25, 0.3) is 0 Å². The van der Waals surface area contributed by atoms with Gasteiger partial charge in [0.1, 0.15) is 0 Å². The van der Waals surface area contributed by atoms with E-state index in [1.54, 1.807) is 6.92 Å². The summed E-state index contributed by atoms with van der Waals surface area (Å²) in [5.41, 5.74) is -0.00315. The summed E-state index contributed by atoms with van der Waals surface area (Å²) in [5.74, 6) is -0.417. The first kappa shape index (κ1) is 17.9. The molecule has 2 unspecified atom stereocenters. The smallest absolute Gasteiger partial charge is 0.309 e. The average molecular weight is 345 g/mol. The van der Waals surface area contributed by atoms with Crippen LogP contribution in [-0.4, -0.2) is 43.1 Å². The number of ether oxygens (including phenoxy) is 2. The summed E-state index contributed by atoms with van der Waals surface area (Å²) in [6, 6.07) is 9.71. The fourth-order valence-corrected chi connectivity index (χ4v) is 3.55. The fraction of sp³-hybridized carbons (Fsp3) is 0.600. The summed E-state index contributed by atoms with van der Waals surface area (Å²) in [7, 11) is 2.00. The summed E-state index contributed by atoms with van der Waals surface area (Å²) >= 11 is 0. The van der Waals surface area contributed by atoms with Crippen molar-refractivity contribution in [2.75, 3.05) is 20.1 Å². The summed E-state index contributed by atoms with van der Waals surface area (Å²) in [6.07, 6.45) is 3.30. The number of carbonyl (C=O) groups is 2. The van der Waals surface area contributed by atoms with Gasteiger partial charge in [-0.05, 0) is 25.5 Å². The Morgan fingerprint density at radius 1 is 1.24 bits per heavy atom. The number of carbonyl (C=O) groups excluding carboxylic acids is 2. The van der Waals surface area contributed by atoms with Gasteiger partial charge in [0.05, 0.1) is 5.92 Å². The Labute approximate surface area is 149 Å². The number of piperidine rings is 1. The van der Waals surface area contributed by atoms with E-state index in [4.69, 9.17) is 9.47 Å². The standard InChI is InChI=1S/C20H27NO4/c1-3-18(22)25-20(16-10-5-4-6-11-16)12-13-21(2)14-17(20)24-19(23)15-8-7-9-15/h4-6,10-11,15,17H,3,7-9,12-14H2,1-2H3. The molecule has 2 aliphatic rings. The van der Waals surface area contributed by atoms with Crippen molar-refractivity contribution in [3.05, 3.63) is 35.9 Å². The van der Waals surface area contributed by atoms with Gasteiger partial charge in [-0.1, -0.05) is 43.7 Å². The van der Waals surface area contributed by atoms with Gasteiger partial charge in [0.2, 0.25) is 0 Å². The van der Waals surface area contributed by atoms with Gasteiger partial charge in [-0.15, -0.1) is 0 Å². The zero-order valence-electron chi connectivity index (χ0n) is 15.1. The molecule has 136 valence electrons. The molecule has 0 bridgehead atoms. The number of hydrogen-bond donors (Lipinski definition) is 0. The molecule has 25 heavy (non-hydrogen) atoms. The van der Waals surface area contributed by atoms with E-state index in [1.807, 2.05) is 37.4 Å². The Balaban J connectivity index is 1.92. The van der Waals surface area contributed by atoms with Crippen LogP contribution < -0.4 is 0 Å². The summed E-state index contributed by atoms with van der Waals surface area (Å²) in [5, 5.41) is 0. The third-order valence-corrected chi connectivity index (χ3v) is 5.41. The highest BCUT2D eigenvalue weighted by molar-refractivity contribution is 5.74. The van der Waals surface area contributed by atoms with Crippen molar-refractivity contribution in [3.63, 3.8) is 0 Å². The third-order valence-electron chi connectivity index (χ3n) is 5.41. The predicted molar refractivity (Wildman–Crippen MR) is 93.8 cm³/mol. The lowest BCUT2D eigenvalue weighted by Crippen LogP contribution is -2.56. The van der Waals surface area contributed by atoms with Crippen LogP contribution in [-0.2, 0) is 24.7 Å². The SMILES string of the molecule is CCC(=O)OC1(c2ccccc2)CCN(C)CC1OC(=O)C1CCC1. The summed E-state index contributed by atoms with van der Waals surface area (Å²) < 4.78 is 11.9. The van der Waals surface area contributed by atoms with Crippen molar-refractivity contribution in [1.82, 2.24) is 4.90 Å². The van der Waals surface area contributed by atoms with Gasteiger partial charge in [0, 0.05) is 25.9 Å². The van der Waals surface area contributed by atoms with Crippen molar-refractivity contribution in [2.45, 2.75) is 50.7 Å². The molecule has 1 aromatic carbocycles. The van der Waals surface area contributed by atoms with Gasteiger partial charge in [-0.25, -0.2) is 0 Å². The van der Waals surface area contributed by atoms with E-state index in [0.717, 1.165) is 31.4 Å². The normalized spacial score (nSPS) is 27.4. The summed E-state index contributed by atoms with van der Waals surface area (Å²) in [6.45, 7) is 3.12. The van der Waals surface area contributed by atoms with Crippen LogP contribution in [0.15, 0.2) is 30.3 Å².